The lowest BCUT2D eigenvalue weighted by atomic mass is 10.1. The maximum absolute atomic E-state index is 4.89. The first-order valence-electron chi connectivity index (χ1n) is 10.8. The predicted molar refractivity (Wildman–Crippen MR) is 126 cm³/mol. The Morgan fingerprint density at radius 1 is 0.909 bits per heavy atom. The molecule has 0 saturated heterocycles. The van der Waals surface area contributed by atoms with Crippen molar-refractivity contribution in [3.05, 3.63) is 79.1 Å². The average Bonchev–Trinajstić information content (AvgIpc) is 3.50. The molecule has 8 nitrogen and oxygen atoms in total. The lowest BCUT2D eigenvalue weighted by molar-refractivity contribution is 0.660. The summed E-state index contributed by atoms with van der Waals surface area (Å²) in [5, 5.41) is 10.2. The van der Waals surface area contributed by atoms with E-state index in [1.165, 1.54) is 0 Å². The van der Waals surface area contributed by atoms with E-state index in [0.29, 0.717) is 5.65 Å². The fraction of sp³-hybridized carbons (Fsp3) is 0.120. The van der Waals surface area contributed by atoms with Crippen LogP contribution < -0.4 is 0 Å². The summed E-state index contributed by atoms with van der Waals surface area (Å²) in [5.41, 5.74) is 7.65. The smallest absolute Gasteiger partial charge is 0.159 e. The van der Waals surface area contributed by atoms with E-state index >= 15 is 0 Å². The molecule has 6 aromatic rings. The molecule has 160 valence electrons. The molecule has 0 aliphatic heterocycles. The third-order valence-corrected chi connectivity index (χ3v) is 5.72. The van der Waals surface area contributed by atoms with E-state index in [1.807, 2.05) is 65.0 Å². The number of fused-ring (bicyclic) bond motifs is 2. The van der Waals surface area contributed by atoms with Crippen LogP contribution >= 0.6 is 0 Å². The Labute approximate surface area is 189 Å². The van der Waals surface area contributed by atoms with E-state index in [4.69, 9.17) is 10.1 Å². The highest BCUT2D eigenvalue weighted by molar-refractivity contribution is 5.89. The molecule has 0 aliphatic rings. The summed E-state index contributed by atoms with van der Waals surface area (Å²) in [6.07, 6.45) is 9.26. The molecular weight excluding hydrogens is 412 g/mol. The Balaban J connectivity index is 1.57. The van der Waals surface area contributed by atoms with E-state index in [1.54, 1.807) is 12.4 Å². The Hall–Kier alpha value is -4.46. The maximum atomic E-state index is 4.89. The molecule has 0 radical (unpaired) electrons. The third-order valence-electron chi connectivity index (χ3n) is 5.72. The van der Waals surface area contributed by atoms with Crippen molar-refractivity contribution in [2.75, 3.05) is 0 Å². The number of nitrogens with zero attached hydrogens (tertiary/aromatic N) is 8. The van der Waals surface area contributed by atoms with Crippen LogP contribution in [-0.4, -0.2) is 39.3 Å². The van der Waals surface area contributed by atoms with Gasteiger partial charge < -0.3 is 0 Å². The van der Waals surface area contributed by atoms with Gasteiger partial charge in [0.05, 0.1) is 29.5 Å². The molecule has 6 rings (SSSR count). The van der Waals surface area contributed by atoms with Gasteiger partial charge in [-0.15, -0.1) is 0 Å². The van der Waals surface area contributed by atoms with Crippen molar-refractivity contribution >= 4 is 16.7 Å². The highest BCUT2D eigenvalue weighted by Gasteiger charge is 2.18. The molecule has 0 bridgehead atoms. The van der Waals surface area contributed by atoms with Crippen LogP contribution in [0.5, 0.6) is 0 Å². The predicted octanol–water partition coefficient (Wildman–Crippen LogP) is 4.59. The number of aryl methyl sites for hydroxylation is 2. The van der Waals surface area contributed by atoms with Gasteiger partial charge in [-0.25, -0.2) is 19.5 Å². The van der Waals surface area contributed by atoms with E-state index in [-0.39, 0.29) is 0 Å². The minimum absolute atomic E-state index is 0.676. The minimum atomic E-state index is 0.676. The fourth-order valence-electron chi connectivity index (χ4n) is 4.05. The summed E-state index contributed by atoms with van der Waals surface area (Å²) >= 11 is 0. The van der Waals surface area contributed by atoms with Crippen molar-refractivity contribution in [2.24, 2.45) is 0 Å². The van der Waals surface area contributed by atoms with Gasteiger partial charge in [0.15, 0.2) is 11.3 Å². The van der Waals surface area contributed by atoms with Gasteiger partial charge in [-0.3, -0.25) is 9.67 Å². The molecule has 6 aromatic heterocycles. The number of hydrogen-bond donors (Lipinski definition) is 0. The SMILES string of the molecule is CCn1cc(-c2cc3ncc(-c4cc5cccnc5nc4-c4ccccn4)n3nc2C)cn1. The second kappa shape index (κ2) is 7.59. The third kappa shape index (κ3) is 3.23. The molecule has 0 aromatic carbocycles. The van der Waals surface area contributed by atoms with Crippen LogP contribution in [0, 0.1) is 6.92 Å². The highest BCUT2D eigenvalue weighted by Crippen LogP contribution is 2.33. The summed E-state index contributed by atoms with van der Waals surface area (Å²) in [7, 11) is 0. The largest absolute Gasteiger partial charge is 0.272 e. The second-order valence-corrected chi connectivity index (χ2v) is 7.79. The van der Waals surface area contributed by atoms with E-state index in [0.717, 1.165) is 57.0 Å². The molecule has 0 unspecified atom stereocenters. The molecule has 0 atom stereocenters. The standard InChI is InChI=1S/C25H20N8/c1-3-32-15-18(13-29-32)19-12-23-28-14-22(33(23)31-16(19)2)20-11-17-7-6-10-27-25(17)30-24(20)21-8-4-5-9-26-21/h4-15H,3H2,1-2H3. The summed E-state index contributed by atoms with van der Waals surface area (Å²) in [6, 6.07) is 13.9. The van der Waals surface area contributed by atoms with Gasteiger partial charge in [0.2, 0.25) is 0 Å². The number of imidazole rings is 1. The van der Waals surface area contributed by atoms with E-state index in [9.17, 15) is 0 Å². The molecule has 0 fully saturated rings. The first-order chi connectivity index (χ1) is 16.2. The van der Waals surface area contributed by atoms with Crippen molar-refractivity contribution < 1.29 is 0 Å². The Morgan fingerprint density at radius 2 is 1.82 bits per heavy atom. The van der Waals surface area contributed by atoms with Gasteiger partial charge in [0, 0.05) is 47.2 Å². The van der Waals surface area contributed by atoms with Crippen molar-refractivity contribution in [3.63, 3.8) is 0 Å². The minimum Gasteiger partial charge on any atom is -0.272 e. The monoisotopic (exact) mass is 432 g/mol. The summed E-state index contributed by atoms with van der Waals surface area (Å²) < 4.78 is 3.78. The summed E-state index contributed by atoms with van der Waals surface area (Å²) in [6.45, 7) is 4.89. The van der Waals surface area contributed by atoms with Gasteiger partial charge in [-0.2, -0.15) is 10.2 Å². The normalized spacial score (nSPS) is 11.5. The second-order valence-electron chi connectivity index (χ2n) is 7.79. The van der Waals surface area contributed by atoms with Crippen molar-refractivity contribution in [3.8, 4) is 33.8 Å². The van der Waals surface area contributed by atoms with Crippen LogP contribution in [0.2, 0.25) is 0 Å². The van der Waals surface area contributed by atoms with E-state index in [2.05, 4.69) is 39.1 Å². The molecule has 6 heterocycles. The Kier molecular flexibility index (Phi) is 4.43. The summed E-state index contributed by atoms with van der Waals surface area (Å²) in [4.78, 5) is 18.5. The molecule has 8 heteroatoms. The topological polar surface area (TPSA) is 86.7 Å². The fourth-order valence-corrected chi connectivity index (χ4v) is 4.05. The molecule has 0 spiro atoms. The van der Waals surface area contributed by atoms with Crippen molar-refractivity contribution in [1.29, 1.82) is 0 Å². The number of hydrogen-bond acceptors (Lipinski definition) is 6. The summed E-state index contributed by atoms with van der Waals surface area (Å²) in [5.74, 6) is 0. The van der Waals surface area contributed by atoms with Crippen LogP contribution in [0.15, 0.2) is 73.4 Å². The molecular formula is C25H20N8. The highest BCUT2D eigenvalue weighted by atomic mass is 15.3. The Morgan fingerprint density at radius 3 is 2.64 bits per heavy atom. The Bertz CT molecular complexity index is 1610. The molecule has 0 saturated carbocycles. The zero-order chi connectivity index (χ0) is 22.4. The van der Waals surface area contributed by atoms with Crippen molar-refractivity contribution in [1.82, 2.24) is 39.3 Å². The van der Waals surface area contributed by atoms with Crippen LogP contribution in [-0.2, 0) is 6.54 Å². The van der Waals surface area contributed by atoms with Crippen molar-refractivity contribution in [2.45, 2.75) is 20.4 Å². The zero-order valence-electron chi connectivity index (χ0n) is 18.2. The first-order valence-corrected chi connectivity index (χ1v) is 10.8. The van der Waals surface area contributed by atoms with Crippen LogP contribution in [0.4, 0.5) is 0 Å². The number of pyridine rings is 3. The lowest BCUT2D eigenvalue weighted by Gasteiger charge is -2.11. The molecule has 0 aliphatic carbocycles. The van der Waals surface area contributed by atoms with E-state index < -0.39 is 0 Å². The molecule has 0 amide bonds. The van der Waals surface area contributed by atoms with Gasteiger partial charge in [-0.05, 0) is 50.2 Å². The van der Waals surface area contributed by atoms with Gasteiger partial charge in [0.25, 0.3) is 0 Å². The van der Waals surface area contributed by atoms with Crippen LogP contribution in [0.3, 0.4) is 0 Å². The van der Waals surface area contributed by atoms with Gasteiger partial charge in [0.1, 0.15) is 5.69 Å². The zero-order valence-corrected chi connectivity index (χ0v) is 18.2. The quantitative estimate of drug-likeness (QED) is 0.405. The van der Waals surface area contributed by atoms with Gasteiger partial charge in [-0.1, -0.05) is 6.07 Å². The molecule has 0 N–H and O–H groups in total. The number of aromatic nitrogens is 8. The number of rotatable bonds is 4. The molecule has 33 heavy (non-hydrogen) atoms. The van der Waals surface area contributed by atoms with Gasteiger partial charge >= 0.3 is 0 Å². The average molecular weight is 432 g/mol. The van der Waals surface area contributed by atoms with Crippen LogP contribution in [0.25, 0.3) is 50.5 Å². The van der Waals surface area contributed by atoms with Crippen LogP contribution in [0.1, 0.15) is 12.6 Å². The lowest BCUT2D eigenvalue weighted by Crippen LogP contribution is -2.01. The maximum Gasteiger partial charge on any atom is 0.159 e. The first kappa shape index (κ1) is 19.2.